The van der Waals surface area contributed by atoms with E-state index < -0.39 is 5.60 Å². The largest absolute Gasteiger partial charge is 0.387 e. The molecule has 1 heterocycles. The molecule has 0 aromatic heterocycles. The van der Waals surface area contributed by atoms with Gasteiger partial charge in [0.05, 0.1) is 11.2 Å². The summed E-state index contributed by atoms with van der Waals surface area (Å²) in [4.78, 5) is 0. The number of ether oxygens (including phenoxy) is 1. The van der Waals surface area contributed by atoms with E-state index in [1.807, 2.05) is 6.92 Å². The van der Waals surface area contributed by atoms with Crippen LogP contribution >= 0.6 is 0 Å². The van der Waals surface area contributed by atoms with Gasteiger partial charge < -0.3 is 9.84 Å². The van der Waals surface area contributed by atoms with Gasteiger partial charge in [-0.25, -0.2) is 0 Å². The lowest BCUT2D eigenvalue weighted by Crippen LogP contribution is -2.65. The summed E-state index contributed by atoms with van der Waals surface area (Å²) in [5, 5.41) is 10.9. The van der Waals surface area contributed by atoms with Crippen molar-refractivity contribution in [1.82, 2.24) is 0 Å². The molecule has 98 valence electrons. The lowest BCUT2D eigenvalue weighted by atomic mass is 9.51. The minimum atomic E-state index is -0.646. The third kappa shape index (κ3) is 1.29. The first kappa shape index (κ1) is 12.0. The summed E-state index contributed by atoms with van der Waals surface area (Å²) >= 11 is 0. The van der Waals surface area contributed by atoms with Crippen LogP contribution in [0.3, 0.4) is 0 Å². The van der Waals surface area contributed by atoms with Crippen LogP contribution in [0.25, 0.3) is 0 Å². The lowest BCUT2D eigenvalue weighted by molar-refractivity contribution is -0.259. The van der Waals surface area contributed by atoms with Crippen LogP contribution in [0.1, 0.15) is 66.2 Å². The molecule has 3 fully saturated rings. The van der Waals surface area contributed by atoms with Crippen molar-refractivity contribution in [3.05, 3.63) is 0 Å². The van der Waals surface area contributed by atoms with Crippen molar-refractivity contribution in [3.63, 3.8) is 0 Å². The standard InChI is InChI=1S/C15H26O2/c1-12(2)11-6-9-13(3)7-5-8-14(4,16)15(13,10-11)17-12/h11,16H,5-10H2,1-4H3/t11-,13+,14-,15-/m0/s1. The molecule has 3 aliphatic rings. The van der Waals surface area contributed by atoms with Crippen molar-refractivity contribution in [3.8, 4) is 0 Å². The summed E-state index contributed by atoms with van der Waals surface area (Å²) < 4.78 is 6.53. The smallest absolute Gasteiger partial charge is 0.103 e. The fraction of sp³-hybridized carbons (Fsp3) is 1.00. The topological polar surface area (TPSA) is 29.5 Å². The van der Waals surface area contributed by atoms with E-state index in [0.717, 1.165) is 19.3 Å². The summed E-state index contributed by atoms with van der Waals surface area (Å²) in [6.07, 6.45) is 6.79. The average molecular weight is 238 g/mol. The summed E-state index contributed by atoms with van der Waals surface area (Å²) in [7, 11) is 0. The third-order valence-corrected chi connectivity index (χ3v) is 6.24. The van der Waals surface area contributed by atoms with Gasteiger partial charge in [0.1, 0.15) is 5.60 Å². The Labute approximate surface area is 105 Å². The molecule has 1 spiro atoms. The van der Waals surface area contributed by atoms with Gasteiger partial charge >= 0.3 is 0 Å². The number of fused-ring (bicyclic) bond motifs is 1. The van der Waals surface area contributed by atoms with Crippen LogP contribution in [0.4, 0.5) is 0 Å². The van der Waals surface area contributed by atoms with Crippen molar-refractivity contribution in [2.45, 2.75) is 83.0 Å². The molecule has 0 unspecified atom stereocenters. The predicted octanol–water partition coefficient (Wildman–Crippen LogP) is 3.28. The minimum absolute atomic E-state index is 0.0565. The van der Waals surface area contributed by atoms with Gasteiger partial charge in [-0.1, -0.05) is 6.92 Å². The number of aliphatic hydroxyl groups is 1. The van der Waals surface area contributed by atoms with Crippen LogP contribution in [0, 0.1) is 11.3 Å². The summed E-state index contributed by atoms with van der Waals surface area (Å²) in [5.74, 6) is 0.625. The molecule has 1 aliphatic heterocycles. The molecule has 1 saturated heterocycles. The van der Waals surface area contributed by atoms with Gasteiger partial charge in [-0.05, 0) is 70.6 Å². The number of hydrogen-bond acceptors (Lipinski definition) is 2. The predicted molar refractivity (Wildman–Crippen MR) is 67.8 cm³/mol. The molecule has 3 rings (SSSR count). The molecule has 2 aliphatic carbocycles. The minimum Gasteiger partial charge on any atom is -0.387 e. The molecule has 0 aromatic rings. The molecule has 0 amide bonds. The van der Waals surface area contributed by atoms with E-state index in [-0.39, 0.29) is 16.6 Å². The summed E-state index contributed by atoms with van der Waals surface area (Å²) in [6.45, 7) is 8.78. The van der Waals surface area contributed by atoms with Crippen molar-refractivity contribution in [2.24, 2.45) is 11.3 Å². The molecule has 0 aromatic carbocycles. The normalized spacial score (nSPS) is 56.6. The van der Waals surface area contributed by atoms with E-state index >= 15 is 0 Å². The maximum absolute atomic E-state index is 10.9. The van der Waals surface area contributed by atoms with Crippen LogP contribution in [0.5, 0.6) is 0 Å². The zero-order valence-electron chi connectivity index (χ0n) is 11.7. The first-order valence-electron chi connectivity index (χ1n) is 7.15. The quantitative estimate of drug-likeness (QED) is 0.702. The lowest BCUT2D eigenvalue weighted by Gasteiger charge is -2.58. The maximum Gasteiger partial charge on any atom is 0.103 e. The van der Waals surface area contributed by atoms with E-state index in [9.17, 15) is 5.11 Å². The molecule has 2 saturated carbocycles. The summed E-state index contributed by atoms with van der Waals surface area (Å²) in [5.41, 5.74) is -0.810. The second-order valence-electron chi connectivity index (χ2n) is 7.66. The highest BCUT2D eigenvalue weighted by molar-refractivity contribution is 5.19. The zero-order valence-corrected chi connectivity index (χ0v) is 11.7. The van der Waals surface area contributed by atoms with Crippen molar-refractivity contribution >= 4 is 0 Å². The summed E-state index contributed by atoms with van der Waals surface area (Å²) in [6, 6.07) is 0. The molecule has 17 heavy (non-hydrogen) atoms. The van der Waals surface area contributed by atoms with Crippen molar-refractivity contribution in [1.29, 1.82) is 0 Å². The fourth-order valence-electron chi connectivity index (χ4n) is 5.01. The molecule has 4 atom stereocenters. The Kier molecular flexibility index (Phi) is 2.17. The van der Waals surface area contributed by atoms with Gasteiger partial charge in [-0.2, -0.15) is 0 Å². The maximum atomic E-state index is 10.9. The Bertz CT molecular complexity index is 347. The first-order chi connectivity index (χ1) is 7.73. The van der Waals surface area contributed by atoms with Gasteiger partial charge in [0.2, 0.25) is 0 Å². The van der Waals surface area contributed by atoms with Gasteiger partial charge in [-0.15, -0.1) is 0 Å². The molecule has 2 nitrogen and oxygen atoms in total. The van der Waals surface area contributed by atoms with E-state index in [1.54, 1.807) is 0 Å². The molecular weight excluding hydrogens is 212 g/mol. The highest BCUT2D eigenvalue weighted by Gasteiger charge is 2.70. The van der Waals surface area contributed by atoms with Crippen LogP contribution in [-0.4, -0.2) is 21.9 Å². The van der Waals surface area contributed by atoms with Crippen LogP contribution < -0.4 is 0 Å². The Morgan fingerprint density at radius 3 is 2.47 bits per heavy atom. The first-order valence-corrected chi connectivity index (χ1v) is 7.15. The highest BCUT2D eigenvalue weighted by Crippen LogP contribution is 2.66. The Balaban J connectivity index is 2.10. The molecule has 1 N–H and O–H groups in total. The van der Waals surface area contributed by atoms with Crippen LogP contribution in [0.15, 0.2) is 0 Å². The number of hydrogen-bond donors (Lipinski definition) is 1. The second-order valence-corrected chi connectivity index (χ2v) is 7.66. The SMILES string of the molecule is CC1(C)O[C@@]23C[C@@H]1CC[C@@]2(C)CCC[C@]3(C)O. The zero-order chi connectivity index (χ0) is 12.5. The molecular formula is C15H26O2. The van der Waals surface area contributed by atoms with Crippen LogP contribution in [0.2, 0.25) is 0 Å². The van der Waals surface area contributed by atoms with Gasteiger partial charge in [-0.3, -0.25) is 0 Å². The number of rotatable bonds is 0. The van der Waals surface area contributed by atoms with Crippen molar-refractivity contribution in [2.75, 3.05) is 0 Å². The van der Waals surface area contributed by atoms with E-state index in [1.165, 1.54) is 19.3 Å². The second kappa shape index (κ2) is 3.08. The van der Waals surface area contributed by atoms with Gasteiger partial charge in [0, 0.05) is 0 Å². The third-order valence-electron chi connectivity index (χ3n) is 6.24. The Morgan fingerprint density at radius 2 is 1.76 bits per heavy atom. The van der Waals surface area contributed by atoms with Gasteiger partial charge in [0.15, 0.2) is 0 Å². The Morgan fingerprint density at radius 1 is 1.06 bits per heavy atom. The van der Waals surface area contributed by atoms with E-state index in [2.05, 4.69) is 20.8 Å². The van der Waals surface area contributed by atoms with Gasteiger partial charge in [0.25, 0.3) is 0 Å². The Hall–Kier alpha value is -0.0800. The average Bonchev–Trinajstić information content (AvgIpc) is 2.42. The van der Waals surface area contributed by atoms with Crippen LogP contribution in [-0.2, 0) is 4.74 Å². The molecule has 2 bridgehead atoms. The van der Waals surface area contributed by atoms with E-state index in [0.29, 0.717) is 5.92 Å². The van der Waals surface area contributed by atoms with E-state index in [4.69, 9.17) is 4.74 Å². The molecule has 0 radical (unpaired) electrons. The monoisotopic (exact) mass is 238 g/mol. The van der Waals surface area contributed by atoms with Crippen molar-refractivity contribution < 1.29 is 9.84 Å². The highest BCUT2D eigenvalue weighted by atomic mass is 16.5. The fourth-order valence-corrected chi connectivity index (χ4v) is 5.01. The molecule has 2 heteroatoms.